The largest absolute Gasteiger partial charge is 0.481 e. The molecule has 13 heteroatoms. The van der Waals surface area contributed by atoms with Crippen LogP contribution >= 0.6 is 0 Å². The fourth-order valence-corrected chi connectivity index (χ4v) is 6.63. The number of alkyl halides is 3. The van der Waals surface area contributed by atoms with Gasteiger partial charge in [0.1, 0.15) is 17.7 Å². The number of nitrogens with zero attached hydrogens (tertiary/aromatic N) is 2. The zero-order valence-electron chi connectivity index (χ0n) is 28.9. The van der Waals surface area contributed by atoms with Gasteiger partial charge in [0.2, 0.25) is 5.91 Å². The van der Waals surface area contributed by atoms with Crippen molar-refractivity contribution < 1.29 is 41.4 Å². The number of hydrogen-bond acceptors (Lipinski definition) is 5. The summed E-state index contributed by atoms with van der Waals surface area (Å²) in [6.45, 7) is 10.9. The van der Waals surface area contributed by atoms with Gasteiger partial charge in [-0.05, 0) is 104 Å². The molecule has 0 spiro atoms. The van der Waals surface area contributed by atoms with E-state index in [9.17, 15) is 37.1 Å². The Morgan fingerprint density at radius 3 is 2.28 bits per heavy atom. The van der Waals surface area contributed by atoms with Gasteiger partial charge in [0, 0.05) is 44.1 Å². The molecule has 1 saturated heterocycles. The molecule has 2 heterocycles. The molecule has 2 aromatic carbocycles. The standard InChI is InChI=1S/C37H44F5N3O5/c1-21(2)13-31(45-20-25(29(18-32(45)46)37(40,41)42)7-9-44-8-6-11-50-12-10-44)36(49)43-30(19-33(47)48)28-17-26(14-24(5)35(28)39)34-22(3)15-27(38)16-23(34)4/h14-18,20-21,30-31H,6-13,19H2,1-5H3,(H,43,49)(H,47,48)/t30?,31-/m1/s1. The normalized spacial score (nSPS) is 15.5. The predicted octanol–water partition coefficient (Wildman–Crippen LogP) is 6.92. The number of halogens is 5. The monoisotopic (exact) mass is 705 g/mol. The summed E-state index contributed by atoms with van der Waals surface area (Å²) < 4.78 is 78.8. The minimum absolute atomic E-state index is 0.0231. The van der Waals surface area contributed by atoms with Crippen molar-refractivity contribution in [2.45, 2.75) is 78.6 Å². The number of carboxylic acids is 1. The van der Waals surface area contributed by atoms with E-state index in [1.54, 1.807) is 33.8 Å². The molecule has 0 aliphatic carbocycles. The molecular weight excluding hydrogens is 661 g/mol. The molecule has 1 unspecified atom stereocenters. The van der Waals surface area contributed by atoms with Crippen molar-refractivity contribution in [2.75, 3.05) is 32.8 Å². The van der Waals surface area contributed by atoms with Crippen molar-refractivity contribution >= 4 is 11.9 Å². The number of benzene rings is 2. The van der Waals surface area contributed by atoms with Gasteiger partial charge >= 0.3 is 12.1 Å². The molecule has 4 rings (SSSR count). The van der Waals surface area contributed by atoms with Crippen LogP contribution in [-0.4, -0.2) is 59.3 Å². The van der Waals surface area contributed by atoms with E-state index in [2.05, 4.69) is 5.32 Å². The van der Waals surface area contributed by atoms with Crippen LogP contribution in [0.5, 0.6) is 0 Å². The fourth-order valence-electron chi connectivity index (χ4n) is 6.63. The number of ether oxygens (including phenoxy) is 1. The Hall–Kier alpha value is -4.10. The third kappa shape index (κ3) is 9.57. The maximum atomic E-state index is 15.8. The minimum Gasteiger partial charge on any atom is -0.481 e. The number of aliphatic carboxylic acids is 1. The van der Waals surface area contributed by atoms with Crippen LogP contribution in [0.1, 0.15) is 78.6 Å². The van der Waals surface area contributed by atoms with Crippen molar-refractivity contribution in [1.82, 2.24) is 14.8 Å². The highest BCUT2D eigenvalue weighted by molar-refractivity contribution is 5.82. The summed E-state index contributed by atoms with van der Waals surface area (Å²) in [5.74, 6) is -3.62. The quantitative estimate of drug-likeness (QED) is 0.199. The molecule has 272 valence electrons. The summed E-state index contributed by atoms with van der Waals surface area (Å²) in [5, 5.41) is 12.4. The first kappa shape index (κ1) is 38.7. The lowest BCUT2D eigenvalue weighted by molar-refractivity contribution is -0.139. The fraction of sp³-hybridized carbons (Fsp3) is 0.486. The van der Waals surface area contributed by atoms with Crippen LogP contribution in [-0.2, 0) is 26.9 Å². The second-order valence-electron chi connectivity index (χ2n) is 13.4. The lowest BCUT2D eigenvalue weighted by Crippen LogP contribution is -2.41. The van der Waals surface area contributed by atoms with Crippen LogP contribution < -0.4 is 10.9 Å². The second-order valence-corrected chi connectivity index (χ2v) is 13.4. The molecule has 1 aliphatic heterocycles. The van der Waals surface area contributed by atoms with Crippen molar-refractivity contribution in [3.8, 4) is 11.1 Å². The van der Waals surface area contributed by atoms with E-state index in [1.165, 1.54) is 25.1 Å². The van der Waals surface area contributed by atoms with Crippen LogP contribution in [0.25, 0.3) is 11.1 Å². The van der Waals surface area contributed by atoms with E-state index in [0.29, 0.717) is 54.6 Å². The van der Waals surface area contributed by atoms with Crippen molar-refractivity contribution in [3.05, 3.63) is 91.9 Å². The summed E-state index contributed by atoms with van der Waals surface area (Å²) in [6, 6.07) is 3.37. The van der Waals surface area contributed by atoms with Gasteiger partial charge in [0.05, 0.1) is 24.6 Å². The maximum Gasteiger partial charge on any atom is 0.416 e. The molecule has 0 saturated carbocycles. The number of rotatable bonds is 12. The minimum atomic E-state index is -4.82. The maximum absolute atomic E-state index is 15.8. The van der Waals surface area contributed by atoms with E-state index < -0.39 is 59.3 Å². The summed E-state index contributed by atoms with van der Waals surface area (Å²) in [4.78, 5) is 41.4. The van der Waals surface area contributed by atoms with Gasteiger partial charge in [0.25, 0.3) is 5.56 Å². The second kappa shape index (κ2) is 16.3. The lowest BCUT2D eigenvalue weighted by Gasteiger charge is -2.27. The molecule has 8 nitrogen and oxygen atoms in total. The highest BCUT2D eigenvalue weighted by Gasteiger charge is 2.36. The third-order valence-corrected chi connectivity index (χ3v) is 8.95. The van der Waals surface area contributed by atoms with Crippen molar-refractivity contribution in [3.63, 3.8) is 0 Å². The Morgan fingerprint density at radius 1 is 0.980 bits per heavy atom. The Balaban J connectivity index is 1.76. The van der Waals surface area contributed by atoms with Gasteiger partial charge in [-0.15, -0.1) is 0 Å². The zero-order valence-corrected chi connectivity index (χ0v) is 28.9. The number of aromatic nitrogens is 1. The summed E-state index contributed by atoms with van der Waals surface area (Å²) >= 11 is 0. The van der Waals surface area contributed by atoms with Crippen LogP contribution in [0.15, 0.2) is 41.3 Å². The first-order valence-electron chi connectivity index (χ1n) is 16.7. The summed E-state index contributed by atoms with van der Waals surface area (Å²) in [6.07, 6.45) is -3.77. The van der Waals surface area contributed by atoms with E-state index in [0.717, 1.165) is 17.2 Å². The molecule has 1 aromatic heterocycles. The first-order chi connectivity index (χ1) is 23.5. The van der Waals surface area contributed by atoms with E-state index >= 15 is 4.39 Å². The van der Waals surface area contributed by atoms with Gasteiger partial charge in [0.15, 0.2) is 0 Å². The molecule has 3 aromatic rings. The zero-order chi connectivity index (χ0) is 36.9. The Labute approximate surface area is 288 Å². The smallest absolute Gasteiger partial charge is 0.416 e. The van der Waals surface area contributed by atoms with Crippen molar-refractivity contribution in [2.24, 2.45) is 5.92 Å². The number of aryl methyl sites for hydroxylation is 3. The summed E-state index contributed by atoms with van der Waals surface area (Å²) in [5.41, 5.74) is -0.0434. The molecule has 0 bridgehead atoms. The average Bonchev–Trinajstić information content (AvgIpc) is 3.28. The summed E-state index contributed by atoms with van der Waals surface area (Å²) in [7, 11) is 0. The number of carbonyl (C=O) groups is 2. The molecule has 2 N–H and O–H groups in total. The Morgan fingerprint density at radius 2 is 1.66 bits per heavy atom. The number of hydrogen-bond donors (Lipinski definition) is 2. The Kier molecular flexibility index (Phi) is 12.6. The molecule has 1 fully saturated rings. The number of carbonyl (C=O) groups excluding carboxylic acids is 1. The van der Waals surface area contributed by atoms with Crippen LogP contribution in [0.3, 0.4) is 0 Å². The molecule has 2 atom stereocenters. The first-order valence-corrected chi connectivity index (χ1v) is 16.7. The van der Waals surface area contributed by atoms with Crippen LogP contribution in [0, 0.1) is 38.3 Å². The third-order valence-electron chi connectivity index (χ3n) is 8.95. The van der Waals surface area contributed by atoms with E-state index in [-0.39, 0.29) is 42.0 Å². The topological polar surface area (TPSA) is 101 Å². The predicted molar refractivity (Wildman–Crippen MR) is 179 cm³/mol. The lowest BCUT2D eigenvalue weighted by atomic mass is 9.90. The average molecular weight is 706 g/mol. The van der Waals surface area contributed by atoms with Crippen molar-refractivity contribution in [1.29, 1.82) is 0 Å². The van der Waals surface area contributed by atoms with E-state index in [4.69, 9.17) is 4.74 Å². The van der Waals surface area contributed by atoms with Gasteiger partial charge in [-0.25, -0.2) is 8.78 Å². The highest BCUT2D eigenvalue weighted by atomic mass is 19.4. The molecule has 50 heavy (non-hydrogen) atoms. The van der Waals surface area contributed by atoms with Gasteiger partial charge < -0.3 is 24.6 Å². The Bertz CT molecular complexity index is 1740. The van der Waals surface area contributed by atoms with Crippen LogP contribution in [0.4, 0.5) is 22.0 Å². The number of nitrogens with one attached hydrogen (secondary N) is 1. The molecule has 0 radical (unpaired) electrons. The van der Waals surface area contributed by atoms with Gasteiger partial charge in [-0.1, -0.05) is 13.8 Å². The number of amides is 1. The SMILES string of the molecule is Cc1cc(-c2c(C)cc(F)cc2C)cc(C(CC(=O)O)NC(=O)[C@@H](CC(C)C)n2cc(CCN3CCCOCC3)c(C(F)(F)F)cc2=O)c1F. The molecule has 1 amide bonds. The molecular formula is C37H44F5N3O5. The van der Waals surface area contributed by atoms with Crippen LogP contribution in [0.2, 0.25) is 0 Å². The van der Waals surface area contributed by atoms with Gasteiger partial charge in [-0.3, -0.25) is 14.4 Å². The van der Waals surface area contributed by atoms with E-state index in [1.807, 2.05) is 4.90 Å². The highest BCUT2D eigenvalue weighted by Crippen LogP contribution is 2.35. The number of carboxylic acid groups (broad SMARTS) is 1. The van der Waals surface area contributed by atoms with Gasteiger partial charge in [-0.2, -0.15) is 13.2 Å². The number of pyridine rings is 1. The molecule has 1 aliphatic rings.